The van der Waals surface area contributed by atoms with Crippen LogP contribution in [0.3, 0.4) is 0 Å². The number of carbonyl (C=O) groups is 1. The standard InChI is InChI=1S/C41H59ClN4O3S.C3H8O/c1-5-7-11-32(24-44-20-21-45-19-9-8-12-36(45)27-44)38-16-13-33(38)25-46-26-34(37-17-15-35(42)22-30(37)10-6-2)28-49-40-18-14-31(23-39(40)46)41(47)43-50(48)29(3)4;1-2-3-4/h7,11,14-15,17-18,22-23,29,32-34,36,38H,5-6,8-10,12-13,16,19-21,24-28H2,1-4H3,(H,43,47);4H,2-3H2,1H3/b11-7+;. The van der Waals surface area contributed by atoms with Crippen LogP contribution in [-0.4, -0.2) is 95.3 Å². The molecule has 2 N–H and O–H groups in total. The van der Waals surface area contributed by atoms with E-state index < -0.39 is 11.0 Å². The lowest BCUT2D eigenvalue weighted by atomic mass is 9.66. The van der Waals surface area contributed by atoms with Crippen molar-refractivity contribution in [2.24, 2.45) is 17.8 Å². The van der Waals surface area contributed by atoms with Crippen molar-refractivity contribution in [2.45, 2.75) is 110 Å². The monoisotopic (exact) mass is 782 g/mol. The summed E-state index contributed by atoms with van der Waals surface area (Å²) in [6.45, 7) is 18.7. The van der Waals surface area contributed by atoms with Gasteiger partial charge in [0.25, 0.3) is 5.91 Å². The van der Waals surface area contributed by atoms with E-state index in [2.05, 4.69) is 57.6 Å². The number of anilines is 1. The number of aliphatic hydroxyl groups excluding tert-OH is 1. The highest BCUT2D eigenvalue weighted by Crippen LogP contribution is 2.44. The van der Waals surface area contributed by atoms with Crippen LogP contribution in [0, 0.1) is 17.8 Å². The summed E-state index contributed by atoms with van der Waals surface area (Å²) in [6, 6.07) is 12.8. The zero-order valence-corrected chi connectivity index (χ0v) is 35.2. The number of hydrogen-bond donors (Lipinski definition) is 2. The Hall–Kier alpha value is -2.43. The molecule has 300 valence electrons. The van der Waals surface area contributed by atoms with E-state index in [4.69, 9.17) is 21.4 Å². The molecule has 2 aromatic rings. The van der Waals surface area contributed by atoms with Crippen molar-refractivity contribution in [2.75, 3.05) is 63.9 Å². The number of nitrogens with zero attached hydrogens (tertiary/aromatic N) is 3. The molecular formula is C44H67ClN4O4S. The number of ether oxygens (including phenoxy) is 1. The van der Waals surface area contributed by atoms with E-state index in [1.807, 2.05) is 39.0 Å². The number of allylic oxidation sites excluding steroid dienone is 1. The summed E-state index contributed by atoms with van der Waals surface area (Å²) in [7, 11) is -1.44. The highest BCUT2D eigenvalue weighted by Gasteiger charge is 2.40. The number of halogens is 1. The topological polar surface area (TPSA) is 85.4 Å². The zero-order chi connectivity index (χ0) is 38.6. The first kappa shape index (κ1) is 42.7. The van der Waals surface area contributed by atoms with E-state index in [-0.39, 0.29) is 17.1 Å². The van der Waals surface area contributed by atoms with Crippen LogP contribution >= 0.6 is 11.6 Å². The summed E-state index contributed by atoms with van der Waals surface area (Å²) in [5.74, 6) is 2.37. The quantitative estimate of drug-likeness (QED) is 0.187. The SMILES string of the molecule is CC/C=C/C(CN1CCN2CCCCC2C1)C1CCC1CN1CC(c2ccc(Cl)cc2CCC)COc2ccc(C(=O)NS(=O)C(C)C)cc21.CCCO. The molecule has 6 unspecified atom stereocenters. The number of nitrogens with one attached hydrogen (secondary N) is 1. The zero-order valence-electron chi connectivity index (χ0n) is 33.6. The van der Waals surface area contributed by atoms with Crippen LogP contribution in [0.1, 0.15) is 113 Å². The van der Waals surface area contributed by atoms with Crippen LogP contribution in [0.5, 0.6) is 5.75 Å². The summed E-state index contributed by atoms with van der Waals surface area (Å²) in [6.07, 6.45) is 15.4. The highest BCUT2D eigenvalue weighted by molar-refractivity contribution is 7.84. The molecule has 54 heavy (non-hydrogen) atoms. The van der Waals surface area contributed by atoms with Gasteiger partial charge in [0.2, 0.25) is 0 Å². The average Bonchev–Trinajstić information content (AvgIpc) is 3.34. The lowest BCUT2D eigenvalue weighted by molar-refractivity contribution is 0.0283. The van der Waals surface area contributed by atoms with E-state index >= 15 is 0 Å². The van der Waals surface area contributed by atoms with E-state index in [0.29, 0.717) is 36.5 Å². The van der Waals surface area contributed by atoms with Crippen molar-refractivity contribution in [3.05, 3.63) is 70.3 Å². The van der Waals surface area contributed by atoms with Crippen molar-refractivity contribution in [1.29, 1.82) is 0 Å². The van der Waals surface area contributed by atoms with Gasteiger partial charge in [-0.15, -0.1) is 0 Å². The Kier molecular flexibility index (Phi) is 16.8. The largest absolute Gasteiger partial charge is 0.491 e. The lowest BCUT2D eigenvalue weighted by Crippen LogP contribution is -2.56. The number of benzene rings is 2. The van der Waals surface area contributed by atoms with Gasteiger partial charge in [-0.2, -0.15) is 0 Å². The molecule has 0 bridgehead atoms. The Morgan fingerprint density at radius 2 is 1.85 bits per heavy atom. The van der Waals surface area contributed by atoms with Crippen LogP contribution in [0.4, 0.5) is 5.69 Å². The average molecular weight is 784 g/mol. The van der Waals surface area contributed by atoms with Crippen molar-refractivity contribution in [3.8, 4) is 5.75 Å². The molecule has 1 saturated carbocycles. The molecule has 0 spiro atoms. The predicted molar refractivity (Wildman–Crippen MR) is 225 cm³/mol. The highest BCUT2D eigenvalue weighted by atomic mass is 35.5. The van der Waals surface area contributed by atoms with Gasteiger partial charge < -0.3 is 14.7 Å². The van der Waals surface area contributed by atoms with E-state index in [1.165, 1.54) is 69.4 Å². The van der Waals surface area contributed by atoms with E-state index in [0.717, 1.165) is 67.8 Å². The van der Waals surface area contributed by atoms with Gasteiger partial charge in [-0.3, -0.25) is 19.3 Å². The summed E-state index contributed by atoms with van der Waals surface area (Å²) in [5.41, 5.74) is 4.06. The van der Waals surface area contributed by atoms with Gasteiger partial charge in [0.1, 0.15) is 16.7 Å². The number of piperidine rings is 1. The minimum Gasteiger partial charge on any atom is -0.491 e. The molecule has 1 aliphatic carbocycles. The maximum Gasteiger partial charge on any atom is 0.263 e. The molecule has 6 atom stereocenters. The van der Waals surface area contributed by atoms with Crippen LogP contribution in [0.15, 0.2) is 48.6 Å². The van der Waals surface area contributed by atoms with Gasteiger partial charge >= 0.3 is 0 Å². The maximum atomic E-state index is 13.3. The summed E-state index contributed by atoms with van der Waals surface area (Å²) >= 11 is 6.50. The minimum atomic E-state index is -1.44. The van der Waals surface area contributed by atoms with Crippen LogP contribution in [-0.2, 0) is 17.4 Å². The normalized spacial score (nSPS) is 24.3. The van der Waals surface area contributed by atoms with E-state index in [1.54, 1.807) is 6.07 Å². The van der Waals surface area contributed by atoms with Gasteiger partial charge in [-0.1, -0.05) is 63.4 Å². The first-order valence-corrected chi connectivity index (χ1v) is 22.5. The fraction of sp³-hybridized carbons (Fsp3) is 0.659. The van der Waals surface area contributed by atoms with Gasteiger partial charge in [-0.05, 0) is 125 Å². The molecule has 8 nitrogen and oxygen atoms in total. The minimum absolute atomic E-state index is 0.158. The summed E-state index contributed by atoms with van der Waals surface area (Å²) < 4.78 is 21.8. The Bertz CT molecular complexity index is 1550. The summed E-state index contributed by atoms with van der Waals surface area (Å²) in [5, 5.41) is 8.49. The van der Waals surface area contributed by atoms with Gasteiger partial charge in [0.05, 0.1) is 12.3 Å². The molecule has 4 aliphatic rings. The molecule has 1 amide bonds. The molecule has 0 radical (unpaired) electrons. The van der Waals surface area contributed by atoms with Crippen molar-refractivity contribution in [1.82, 2.24) is 14.5 Å². The van der Waals surface area contributed by atoms with Gasteiger partial charge in [-0.25, -0.2) is 4.21 Å². The molecular weight excluding hydrogens is 716 g/mol. The van der Waals surface area contributed by atoms with Crippen molar-refractivity contribution < 1.29 is 18.8 Å². The number of rotatable bonds is 14. The molecule has 0 aromatic heterocycles. The predicted octanol–water partition coefficient (Wildman–Crippen LogP) is 8.24. The Labute approximate surface area is 333 Å². The molecule has 3 heterocycles. The second-order valence-electron chi connectivity index (χ2n) is 16.1. The number of aliphatic hydroxyl groups is 1. The third-order valence-electron chi connectivity index (χ3n) is 11.8. The van der Waals surface area contributed by atoms with Crippen LogP contribution in [0.2, 0.25) is 5.02 Å². The maximum absolute atomic E-state index is 13.3. The molecule has 6 rings (SSSR count). The van der Waals surface area contributed by atoms with Crippen molar-refractivity contribution >= 4 is 34.2 Å². The Morgan fingerprint density at radius 1 is 1.04 bits per heavy atom. The third kappa shape index (κ3) is 11.3. The molecule has 3 fully saturated rings. The first-order chi connectivity index (χ1) is 26.1. The second kappa shape index (κ2) is 21.2. The Morgan fingerprint density at radius 3 is 2.56 bits per heavy atom. The number of hydrogen-bond acceptors (Lipinski definition) is 7. The fourth-order valence-electron chi connectivity index (χ4n) is 8.73. The molecule has 3 aliphatic heterocycles. The number of amides is 1. The smallest absolute Gasteiger partial charge is 0.263 e. The lowest BCUT2D eigenvalue weighted by Gasteiger charge is -2.48. The number of fused-ring (bicyclic) bond motifs is 2. The van der Waals surface area contributed by atoms with E-state index in [9.17, 15) is 9.00 Å². The molecule has 10 heteroatoms. The Balaban J connectivity index is 0.00000133. The number of aryl methyl sites for hydroxylation is 1. The van der Waals surface area contributed by atoms with Gasteiger partial charge in [0.15, 0.2) is 0 Å². The number of piperazine rings is 1. The fourth-order valence-corrected chi connectivity index (χ4v) is 9.46. The van der Waals surface area contributed by atoms with Crippen LogP contribution < -0.4 is 14.4 Å². The third-order valence-corrected chi connectivity index (χ3v) is 13.3. The second-order valence-corrected chi connectivity index (χ2v) is 18.3. The van der Waals surface area contributed by atoms with Gasteiger partial charge in [0, 0.05) is 73.7 Å². The molecule has 2 saturated heterocycles. The first-order valence-electron chi connectivity index (χ1n) is 20.9. The van der Waals surface area contributed by atoms with Crippen LogP contribution in [0.25, 0.3) is 0 Å². The molecule has 2 aromatic carbocycles. The van der Waals surface area contributed by atoms with Crippen molar-refractivity contribution in [3.63, 3.8) is 0 Å². The summed E-state index contributed by atoms with van der Waals surface area (Å²) in [4.78, 5) is 21.3. The number of carbonyl (C=O) groups excluding carboxylic acids is 1.